The average molecular weight is 445 g/mol. The van der Waals surface area contributed by atoms with E-state index in [9.17, 15) is 4.79 Å². The van der Waals surface area contributed by atoms with E-state index in [2.05, 4.69) is 67.6 Å². The van der Waals surface area contributed by atoms with E-state index in [0.29, 0.717) is 29.1 Å². The summed E-state index contributed by atoms with van der Waals surface area (Å²) in [5.41, 5.74) is 2.18. The molecule has 0 amide bonds. The number of rotatable bonds is 3. The molecule has 2 nitrogen and oxygen atoms in total. The van der Waals surface area contributed by atoms with Crippen LogP contribution in [0.5, 0.6) is 0 Å². The summed E-state index contributed by atoms with van der Waals surface area (Å²) < 4.78 is 6.97. The number of carbonyl (C=O) groups excluding carboxylic acids is 1. The molecule has 8 atom stereocenters. The minimum Gasteiger partial charge on any atom is -0.414 e. The molecule has 0 radical (unpaired) electrons. The molecule has 0 aliphatic heterocycles. The van der Waals surface area contributed by atoms with Crippen molar-refractivity contribution < 1.29 is 9.22 Å². The van der Waals surface area contributed by atoms with Crippen molar-refractivity contribution in [2.75, 3.05) is 0 Å². The molecule has 176 valence electrons. The molecular weight excluding hydrogens is 396 g/mol. The van der Waals surface area contributed by atoms with Gasteiger partial charge in [0.2, 0.25) is 0 Å². The van der Waals surface area contributed by atoms with Gasteiger partial charge in [-0.1, -0.05) is 47.1 Å². The Hall–Kier alpha value is -0.413. The van der Waals surface area contributed by atoms with Crippen molar-refractivity contribution in [2.45, 2.75) is 118 Å². The van der Waals surface area contributed by atoms with Crippen molar-refractivity contribution >= 4 is 14.1 Å². The third kappa shape index (κ3) is 3.65. The minimum atomic E-state index is -1.75. The van der Waals surface area contributed by atoms with E-state index in [-0.39, 0.29) is 10.5 Å². The highest BCUT2D eigenvalue weighted by atomic mass is 28.4. The summed E-state index contributed by atoms with van der Waals surface area (Å²) in [6.45, 7) is 21.9. The van der Waals surface area contributed by atoms with E-state index in [1.807, 2.05) is 0 Å². The molecule has 4 aliphatic carbocycles. The van der Waals surface area contributed by atoms with Crippen LogP contribution < -0.4 is 0 Å². The Bertz CT molecular complexity index is 761. The molecule has 4 aliphatic rings. The summed E-state index contributed by atoms with van der Waals surface area (Å²) in [4.78, 5) is 12.2. The van der Waals surface area contributed by atoms with Gasteiger partial charge in [-0.05, 0) is 110 Å². The van der Waals surface area contributed by atoms with E-state index in [4.69, 9.17) is 4.43 Å². The lowest BCUT2D eigenvalue weighted by molar-refractivity contribution is -0.119. The van der Waals surface area contributed by atoms with Gasteiger partial charge in [0.25, 0.3) is 0 Å². The molecule has 3 saturated carbocycles. The predicted octanol–water partition coefficient (Wildman–Crippen LogP) is 7.79. The zero-order valence-corrected chi connectivity index (χ0v) is 22.8. The highest BCUT2D eigenvalue weighted by molar-refractivity contribution is 6.74. The van der Waals surface area contributed by atoms with Crippen LogP contribution in [0.15, 0.2) is 11.6 Å². The van der Waals surface area contributed by atoms with Gasteiger partial charge in [0.05, 0.1) is 0 Å². The van der Waals surface area contributed by atoms with Gasteiger partial charge in [0.1, 0.15) is 0 Å². The summed E-state index contributed by atoms with van der Waals surface area (Å²) in [7, 11) is -1.75. The fraction of sp³-hybridized carbons (Fsp3) is 0.893. The van der Waals surface area contributed by atoms with Crippen LogP contribution >= 0.6 is 0 Å². The third-order valence-corrected chi connectivity index (χ3v) is 15.8. The van der Waals surface area contributed by atoms with Gasteiger partial charge >= 0.3 is 0 Å². The second-order valence-electron chi connectivity index (χ2n) is 13.8. The Labute approximate surface area is 193 Å². The first-order valence-electron chi connectivity index (χ1n) is 13.1. The van der Waals surface area contributed by atoms with Gasteiger partial charge in [-0.2, -0.15) is 0 Å². The molecule has 0 aromatic carbocycles. The van der Waals surface area contributed by atoms with Gasteiger partial charge < -0.3 is 4.43 Å². The standard InChI is InChI=1S/C28H48O2Si/c1-18-16-20-17-21(29)12-14-27(20,6)24-13-15-28(7)22(10-11-23(28)25(18)24)19(2)30-31(8,9)26(3,4)5/h17-19,22-25H,10-16H2,1-9H3/t18-,19?,22+,23-,24-,25-,27-,28+/m0/s1. The lowest BCUT2D eigenvalue weighted by Gasteiger charge is -2.60. The van der Waals surface area contributed by atoms with Crippen molar-refractivity contribution in [3.8, 4) is 0 Å². The summed E-state index contributed by atoms with van der Waals surface area (Å²) in [5.74, 6) is 4.18. The molecule has 31 heavy (non-hydrogen) atoms. The first-order chi connectivity index (χ1) is 14.2. The smallest absolute Gasteiger partial charge is 0.192 e. The number of carbonyl (C=O) groups is 1. The molecule has 0 aromatic heterocycles. The van der Waals surface area contributed by atoms with Gasteiger partial charge in [-0.15, -0.1) is 0 Å². The zero-order chi connectivity index (χ0) is 23.0. The molecule has 0 heterocycles. The zero-order valence-electron chi connectivity index (χ0n) is 21.8. The maximum atomic E-state index is 12.2. The van der Waals surface area contributed by atoms with Crippen LogP contribution in [0.25, 0.3) is 0 Å². The summed E-state index contributed by atoms with van der Waals surface area (Å²) in [6, 6.07) is 0. The van der Waals surface area contributed by atoms with E-state index < -0.39 is 8.32 Å². The van der Waals surface area contributed by atoms with Crippen LogP contribution in [0, 0.1) is 40.4 Å². The molecular formula is C28H48O2Si. The molecule has 0 bridgehead atoms. The van der Waals surface area contributed by atoms with E-state index >= 15 is 0 Å². The highest BCUT2D eigenvalue weighted by Gasteiger charge is 2.61. The van der Waals surface area contributed by atoms with Crippen LogP contribution in [0.3, 0.4) is 0 Å². The van der Waals surface area contributed by atoms with E-state index in [1.54, 1.807) is 0 Å². The molecule has 0 N–H and O–H groups in total. The molecule has 0 spiro atoms. The molecule has 3 fully saturated rings. The van der Waals surface area contributed by atoms with Crippen molar-refractivity contribution in [1.29, 1.82) is 0 Å². The van der Waals surface area contributed by atoms with Crippen LogP contribution in [0.2, 0.25) is 18.1 Å². The Morgan fingerprint density at radius 3 is 2.42 bits per heavy atom. The summed E-state index contributed by atoms with van der Waals surface area (Å²) in [5, 5.41) is 0.269. The van der Waals surface area contributed by atoms with Crippen LogP contribution in [0.4, 0.5) is 0 Å². The Morgan fingerprint density at radius 1 is 1.10 bits per heavy atom. The van der Waals surface area contributed by atoms with E-state index in [0.717, 1.165) is 37.0 Å². The van der Waals surface area contributed by atoms with E-state index in [1.165, 1.54) is 31.3 Å². The highest BCUT2D eigenvalue weighted by Crippen LogP contribution is 2.68. The van der Waals surface area contributed by atoms with Crippen LogP contribution in [-0.4, -0.2) is 20.2 Å². The van der Waals surface area contributed by atoms with Gasteiger partial charge in [-0.3, -0.25) is 4.79 Å². The monoisotopic (exact) mass is 444 g/mol. The lowest BCUT2D eigenvalue weighted by atomic mass is 9.44. The molecule has 1 unspecified atom stereocenters. The predicted molar refractivity (Wildman–Crippen MR) is 132 cm³/mol. The van der Waals surface area contributed by atoms with Crippen LogP contribution in [0.1, 0.15) is 93.4 Å². The topological polar surface area (TPSA) is 26.3 Å². The number of ketones is 1. The molecule has 4 rings (SSSR count). The largest absolute Gasteiger partial charge is 0.414 e. The fourth-order valence-corrected chi connectivity index (χ4v) is 9.89. The summed E-state index contributed by atoms with van der Waals surface area (Å²) >= 11 is 0. The molecule has 3 heteroatoms. The lowest BCUT2D eigenvalue weighted by Crippen LogP contribution is -2.54. The summed E-state index contributed by atoms with van der Waals surface area (Å²) in [6.07, 6.45) is 10.8. The maximum absolute atomic E-state index is 12.2. The van der Waals surface area contributed by atoms with Gasteiger partial charge in [0, 0.05) is 12.5 Å². The van der Waals surface area contributed by atoms with Crippen molar-refractivity contribution in [3.63, 3.8) is 0 Å². The van der Waals surface area contributed by atoms with Crippen molar-refractivity contribution in [3.05, 3.63) is 11.6 Å². The first kappa shape index (κ1) is 23.7. The Morgan fingerprint density at radius 2 is 1.77 bits per heavy atom. The van der Waals surface area contributed by atoms with Gasteiger partial charge in [0.15, 0.2) is 14.1 Å². The first-order valence-corrected chi connectivity index (χ1v) is 16.0. The fourth-order valence-electron chi connectivity index (χ4n) is 8.44. The number of hydrogen-bond acceptors (Lipinski definition) is 2. The second kappa shape index (κ2) is 7.55. The van der Waals surface area contributed by atoms with Crippen molar-refractivity contribution in [2.24, 2.45) is 40.4 Å². The van der Waals surface area contributed by atoms with Crippen LogP contribution in [-0.2, 0) is 9.22 Å². The molecule has 0 saturated heterocycles. The van der Waals surface area contributed by atoms with Gasteiger partial charge in [-0.25, -0.2) is 0 Å². The SMILES string of the molecule is CC(O[Si](C)(C)C(C)(C)C)[C@H]1CC[C@H]2[C@@H]3[C@@H](C)CC4=CC(=O)CC[C@]4(C)[C@H]3CC[C@]12C. The Kier molecular flexibility index (Phi) is 5.78. The number of fused-ring (bicyclic) bond motifs is 5. The number of hydrogen-bond donors (Lipinski definition) is 0. The number of allylic oxidation sites excluding steroid dienone is 1. The third-order valence-electron chi connectivity index (χ3n) is 11.2. The Balaban J connectivity index is 1.59. The van der Waals surface area contributed by atoms with Crippen molar-refractivity contribution in [1.82, 2.24) is 0 Å². The maximum Gasteiger partial charge on any atom is 0.192 e. The normalized spacial score (nSPS) is 44.2. The minimum absolute atomic E-state index is 0.269. The average Bonchev–Trinajstić information content (AvgIpc) is 2.99. The quantitative estimate of drug-likeness (QED) is 0.415. The second-order valence-corrected chi connectivity index (χ2v) is 18.6. The molecule has 0 aromatic rings.